The van der Waals surface area contributed by atoms with Gasteiger partial charge in [-0.05, 0) is 46.4 Å². The van der Waals surface area contributed by atoms with Crippen molar-refractivity contribution in [2.45, 2.75) is 18.3 Å². The fourth-order valence-corrected chi connectivity index (χ4v) is 4.62. The predicted octanol–water partition coefficient (Wildman–Crippen LogP) is 5.27. The molecule has 2 aliphatic rings. The predicted molar refractivity (Wildman–Crippen MR) is 93.7 cm³/mol. The van der Waals surface area contributed by atoms with Crippen LogP contribution in [0.5, 0.6) is 0 Å². The molecule has 2 heteroatoms. The van der Waals surface area contributed by atoms with Crippen molar-refractivity contribution in [2.24, 2.45) is 5.41 Å². The van der Waals surface area contributed by atoms with E-state index in [0.717, 1.165) is 19.6 Å². The highest BCUT2D eigenvalue weighted by atomic mass is 19.1. The van der Waals surface area contributed by atoms with Gasteiger partial charge in [0, 0.05) is 11.3 Å². The Hall–Kier alpha value is -2.19. The van der Waals surface area contributed by atoms with Crippen molar-refractivity contribution >= 4 is 10.8 Å². The van der Waals surface area contributed by atoms with E-state index in [0.29, 0.717) is 11.8 Å². The van der Waals surface area contributed by atoms with E-state index in [9.17, 15) is 4.39 Å². The van der Waals surface area contributed by atoms with Crippen molar-refractivity contribution in [1.82, 2.24) is 0 Å². The van der Waals surface area contributed by atoms with Gasteiger partial charge < -0.3 is 4.74 Å². The molecule has 1 aliphatic carbocycles. The van der Waals surface area contributed by atoms with Gasteiger partial charge >= 0.3 is 0 Å². The summed E-state index contributed by atoms with van der Waals surface area (Å²) in [7, 11) is 0. The summed E-state index contributed by atoms with van der Waals surface area (Å²) in [6, 6.07) is 22.4. The Bertz CT molecular complexity index is 895. The normalized spacial score (nSPS) is 24.5. The molecule has 3 aromatic rings. The third-order valence-corrected chi connectivity index (χ3v) is 5.90. The van der Waals surface area contributed by atoms with Gasteiger partial charge in [-0.3, -0.25) is 0 Å². The van der Waals surface area contributed by atoms with Crippen LogP contribution in [0.2, 0.25) is 0 Å². The molecule has 2 fully saturated rings. The second-order valence-corrected chi connectivity index (χ2v) is 7.30. The fourth-order valence-electron chi connectivity index (χ4n) is 4.62. The fraction of sp³-hybridized carbons (Fsp3) is 0.273. The largest absolute Gasteiger partial charge is 0.380 e. The van der Waals surface area contributed by atoms with Gasteiger partial charge in [0.25, 0.3) is 0 Å². The number of rotatable bonds is 2. The summed E-state index contributed by atoms with van der Waals surface area (Å²) < 4.78 is 18.8. The Morgan fingerprint density at radius 3 is 2.25 bits per heavy atom. The lowest BCUT2D eigenvalue weighted by molar-refractivity contribution is -0.181. The van der Waals surface area contributed by atoms with Gasteiger partial charge in [-0.1, -0.05) is 54.6 Å². The zero-order valence-electron chi connectivity index (χ0n) is 13.4. The first-order valence-corrected chi connectivity index (χ1v) is 8.57. The number of hydrogen-bond donors (Lipinski definition) is 0. The number of halogens is 1. The number of ether oxygens (including phenoxy) is 1. The smallest absolute Gasteiger partial charge is 0.123 e. The minimum absolute atomic E-state index is 0.165. The van der Waals surface area contributed by atoms with E-state index >= 15 is 0 Å². The third kappa shape index (κ3) is 2.03. The summed E-state index contributed by atoms with van der Waals surface area (Å²) in [4.78, 5) is 0. The van der Waals surface area contributed by atoms with Crippen LogP contribution in [0.1, 0.15) is 29.4 Å². The first-order valence-electron chi connectivity index (χ1n) is 8.57. The first kappa shape index (κ1) is 14.2. The van der Waals surface area contributed by atoms with Crippen LogP contribution in [0.3, 0.4) is 0 Å². The molecule has 2 unspecified atom stereocenters. The average Bonchev–Trinajstić information content (AvgIpc) is 2.54. The molecule has 1 spiro atoms. The van der Waals surface area contributed by atoms with Crippen LogP contribution in [-0.4, -0.2) is 13.2 Å². The standard InChI is InChI=1S/C22H19FO/c23-19-9-7-16(8-10-19)20-12-22(13-24-14-22)21(20)18-6-5-15-3-1-2-4-17(15)11-18/h1-11,20-21H,12-14H2. The Labute approximate surface area is 141 Å². The van der Waals surface area contributed by atoms with Gasteiger partial charge in [0.15, 0.2) is 0 Å². The van der Waals surface area contributed by atoms with E-state index in [1.165, 1.54) is 21.9 Å². The van der Waals surface area contributed by atoms with Gasteiger partial charge in [0.05, 0.1) is 13.2 Å². The Morgan fingerprint density at radius 1 is 0.833 bits per heavy atom. The van der Waals surface area contributed by atoms with E-state index in [1.807, 2.05) is 12.1 Å². The number of fused-ring (bicyclic) bond motifs is 1. The van der Waals surface area contributed by atoms with Crippen LogP contribution in [0, 0.1) is 11.2 Å². The molecule has 5 rings (SSSR count). The summed E-state index contributed by atoms with van der Waals surface area (Å²) >= 11 is 0. The molecular weight excluding hydrogens is 299 g/mol. The van der Waals surface area contributed by atoms with Crippen LogP contribution in [0.15, 0.2) is 66.7 Å². The maximum absolute atomic E-state index is 13.3. The highest BCUT2D eigenvalue weighted by Gasteiger charge is 2.58. The molecule has 1 saturated carbocycles. The van der Waals surface area contributed by atoms with Gasteiger partial charge in [-0.2, -0.15) is 0 Å². The molecule has 1 nitrogen and oxygen atoms in total. The molecular formula is C22H19FO. The number of benzene rings is 3. The molecule has 24 heavy (non-hydrogen) atoms. The SMILES string of the molecule is Fc1ccc(C2CC3(COC3)C2c2ccc3ccccc3c2)cc1. The van der Waals surface area contributed by atoms with Crippen molar-refractivity contribution in [3.63, 3.8) is 0 Å². The lowest BCUT2D eigenvalue weighted by Gasteiger charge is -2.60. The van der Waals surface area contributed by atoms with Gasteiger partial charge in [0.1, 0.15) is 5.82 Å². The van der Waals surface area contributed by atoms with Crippen molar-refractivity contribution in [3.05, 3.63) is 83.7 Å². The highest BCUT2D eigenvalue weighted by Crippen LogP contribution is 2.64. The highest BCUT2D eigenvalue weighted by molar-refractivity contribution is 5.83. The number of hydrogen-bond acceptors (Lipinski definition) is 1. The quantitative estimate of drug-likeness (QED) is 0.626. The minimum Gasteiger partial charge on any atom is -0.380 e. The summed E-state index contributed by atoms with van der Waals surface area (Å²) in [5, 5.41) is 2.56. The van der Waals surface area contributed by atoms with Gasteiger partial charge in [-0.15, -0.1) is 0 Å². The van der Waals surface area contributed by atoms with E-state index in [4.69, 9.17) is 4.74 Å². The van der Waals surface area contributed by atoms with E-state index < -0.39 is 0 Å². The van der Waals surface area contributed by atoms with Crippen LogP contribution in [-0.2, 0) is 4.74 Å². The summed E-state index contributed by atoms with van der Waals surface area (Å²) in [6.45, 7) is 1.70. The molecule has 0 amide bonds. The zero-order chi connectivity index (χ0) is 16.1. The molecule has 3 aromatic carbocycles. The topological polar surface area (TPSA) is 9.23 Å². The molecule has 1 aliphatic heterocycles. The zero-order valence-corrected chi connectivity index (χ0v) is 13.4. The second-order valence-electron chi connectivity index (χ2n) is 7.30. The lowest BCUT2D eigenvalue weighted by atomic mass is 9.49. The Balaban J connectivity index is 1.57. The second kappa shape index (κ2) is 5.15. The van der Waals surface area contributed by atoms with E-state index in [2.05, 4.69) is 42.5 Å². The third-order valence-electron chi connectivity index (χ3n) is 5.90. The molecule has 0 N–H and O–H groups in total. The van der Waals surface area contributed by atoms with Crippen LogP contribution in [0.4, 0.5) is 4.39 Å². The summed E-state index contributed by atoms with van der Waals surface area (Å²) in [6.07, 6.45) is 1.14. The first-order chi connectivity index (χ1) is 11.8. The Morgan fingerprint density at radius 2 is 1.54 bits per heavy atom. The van der Waals surface area contributed by atoms with E-state index in [-0.39, 0.29) is 11.2 Å². The molecule has 120 valence electrons. The molecule has 1 saturated heterocycles. The van der Waals surface area contributed by atoms with Gasteiger partial charge in [0.2, 0.25) is 0 Å². The summed E-state index contributed by atoms with van der Waals surface area (Å²) in [5.41, 5.74) is 2.91. The summed E-state index contributed by atoms with van der Waals surface area (Å²) in [5.74, 6) is 0.749. The average molecular weight is 318 g/mol. The van der Waals surface area contributed by atoms with E-state index in [1.54, 1.807) is 12.1 Å². The molecule has 0 bridgehead atoms. The molecule has 0 radical (unpaired) electrons. The maximum Gasteiger partial charge on any atom is 0.123 e. The van der Waals surface area contributed by atoms with Crippen molar-refractivity contribution in [2.75, 3.05) is 13.2 Å². The van der Waals surface area contributed by atoms with Crippen molar-refractivity contribution in [1.29, 1.82) is 0 Å². The molecule has 1 heterocycles. The van der Waals surface area contributed by atoms with Crippen LogP contribution >= 0.6 is 0 Å². The monoisotopic (exact) mass is 318 g/mol. The molecule has 2 atom stereocenters. The lowest BCUT2D eigenvalue weighted by Crippen LogP contribution is -2.57. The van der Waals surface area contributed by atoms with Gasteiger partial charge in [-0.25, -0.2) is 4.39 Å². The van der Waals surface area contributed by atoms with Crippen molar-refractivity contribution in [3.8, 4) is 0 Å². The van der Waals surface area contributed by atoms with Crippen molar-refractivity contribution < 1.29 is 9.13 Å². The van der Waals surface area contributed by atoms with Crippen LogP contribution in [0.25, 0.3) is 10.8 Å². The Kier molecular flexibility index (Phi) is 3.04. The minimum atomic E-state index is -0.165. The van der Waals surface area contributed by atoms with Crippen LogP contribution < -0.4 is 0 Å². The molecule has 0 aromatic heterocycles. The maximum atomic E-state index is 13.3.